The van der Waals surface area contributed by atoms with Crippen LogP contribution in [0, 0.1) is 0 Å². The van der Waals surface area contributed by atoms with Gasteiger partial charge in [-0.05, 0) is 93.2 Å². The lowest BCUT2D eigenvalue weighted by Gasteiger charge is -2.25. The number of hydrogen-bond acceptors (Lipinski definition) is 4. The zero-order chi connectivity index (χ0) is 47.5. The molecule has 14 rings (SSSR count). The molecule has 0 radical (unpaired) electrons. The molecule has 0 saturated heterocycles. The van der Waals surface area contributed by atoms with Crippen LogP contribution in [0.3, 0.4) is 0 Å². The molecule has 0 bridgehead atoms. The fraction of sp³-hybridized carbons (Fsp3) is 0.0152. The van der Waals surface area contributed by atoms with Crippen LogP contribution >= 0.6 is 0 Å². The summed E-state index contributed by atoms with van der Waals surface area (Å²) in [7, 11) is 0. The summed E-state index contributed by atoms with van der Waals surface area (Å²) in [6, 6.07) is 90.6. The minimum Gasteiger partial charge on any atom is -0.330 e. The van der Waals surface area contributed by atoms with Crippen molar-refractivity contribution in [3.05, 3.63) is 266 Å². The molecule has 6 nitrogen and oxygen atoms in total. The van der Waals surface area contributed by atoms with Crippen LogP contribution in [0.1, 0.15) is 17.3 Å². The quantitative estimate of drug-likeness (QED) is 0.173. The van der Waals surface area contributed by atoms with E-state index in [1.54, 1.807) is 0 Å². The molecule has 0 saturated carbocycles. The standard InChI is InChI=1S/C66H44N6/c1-3-18-44(19-4-1)58-31-16-32-59(67-58)51-26-14-27-52(41-51)65-68-64(45-20-5-2-6-21-45)69-66(70-65)72-61-34-12-10-30-55(61)57-38-37-56-54-29-9-11-33-60(54)71(62(56)63(57)72)53-28-15-25-49(42-53)47-23-13-24-48(40-47)50-36-35-43-17-7-8-22-46(43)39-50/h1-42,65H,(H,68,69,70). The summed E-state index contributed by atoms with van der Waals surface area (Å²) < 4.78 is 4.78. The van der Waals surface area contributed by atoms with Crippen LogP contribution in [0.25, 0.3) is 105 Å². The maximum Gasteiger partial charge on any atom is 0.212 e. The van der Waals surface area contributed by atoms with Crippen molar-refractivity contribution in [1.82, 2.24) is 19.4 Å². The first-order chi connectivity index (χ1) is 35.7. The van der Waals surface area contributed by atoms with Gasteiger partial charge in [0, 0.05) is 43.9 Å². The maximum atomic E-state index is 5.46. The second kappa shape index (κ2) is 17.1. The lowest BCUT2D eigenvalue weighted by atomic mass is 9.97. The third kappa shape index (κ3) is 7.07. The molecule has 72 heavy (non-hydrogen) atoms. The first kappa shape index (κ1) is 41.3. The van der Waals surface area contributed by atoms with Gasteiger partial charge in [0.05, 0.1) is 33.5 Å². The maximum absolute atomic E-state index is 5.46. The first-order valence-corrected chi connectivity index (χ1v) is 24.5. The second-order valence-corrected chi connectivity index (χ2v) is 18.5. The highest BCUT2D eigenvalue weighted by Crippen LogP contribution is 2.42. The van der Waals surface area contributed by atoms with E-state index in [0.29, 0.717) is 11.8 Å². The number of fused-ring (bicyclic) bond motifs is 8. The minimum absolute atomic E-state index is 0.465. The summed E-state index contributed by atoms with van der Waals surface area (Å²) in [6.07, 6.45) is -0.465. The number of amidine groups is 1. The molecule has 0 spiro atoms. The van der Waals surface area contributed by atoms with Gasteiger partial charge in [0.2, 0.25) is 5.96 Å². The summed E-state index contributed by atoms with van der Waals surface area (Å²) in [5.74, 6) is 1.35. The van der Waals surface area contributed by atoms with Gasteiger partial charge in [0.1, 0.15) is 6.17 Å². The van der Waals surface area contributed by atoms with Crippen LogP contribution in [0.5, 0.6) is 0 Å². The van der Waals surface area contributed by atoms with E-state index in [0.717, 1.165) is 88.7 Å². The minimum atomic E-state index is -0.465. The molecular formula is C66H44N6. The van der Waals surface area contributed by atoms with Crippen molar-refractivity contribution >= 4 is 66.2 Å². The Bertz CT molecular complexity index is 4310. The van der Waals surface area contributed by atoms with E-state index in [1.165, 1.54) is 27.3 Å². The van der Waals surface area contributed by atoms with E-state index in [4.69, 9.17) is 15.0 Å². The summed E-state index contributed by atoms with van der Waals surface area (Å²) in [6.45, 7) is 0. The van der Waals surface area contributed by atoms with Gasteiger partial charge in [-0.15, -0.1) is 0 Å². The van der Waals surface area contributed by atoms with E-state index in [9.17, 15) is 0 Å². The number of rotatable bonds is 7. The number of aliphatic imine (C=N–C) groups is 2. The van der Waals surface area contributed by atoms with Crippen molar-refractivity contribution in [2.45, 2.75) is 6.17 Å². The third-order valence-electron chi connectivity index (χ3n) is 14.1. The number of hydrogen-bond donors (Lipinski definition) is 1. The monoisotopic (exact) mass is 920 g/mol. The normalized spacial score (nSPS) is 13.7. The number of benzene rings is 10. The number of nitrogens with one attached hydrogen (secondary N) is 1. The number of nitrogens with zero attached hydrogens (tertiary/aromatic N) is 5. The number of aromatic nitrogens is 3. The summed E-state index contributed by atoms with van der Waals surface area (Å²) in [5, 5.41) is 11.0. The summed E-state index contributed by atoms with van der Waals surface area (Å²) >= 11 is 0. The van der Waals surface area contributed by atoms with E-state index in [-0.39, 0.29) is 0 Å². The Kier molecular flexibility index (Phi) is 9.81. The molecule has 1 aliphatic heterocycles. The molecule has 3 aromatic heterocycles. The van der Waals surface area contributed by atoms with Gasteiger partial charge in [0.25, 0.3) is 0 Å². The molecule has 6 heteroatoms. The molecule has 1 unspecified atom stereocenters. The van der Waals surface area contributed by atoms with Crippen LogP contribution in [-0.4, -0.2) is 25.9 Å². The van der Waals surface area contributed by atoms with Crippen LogP contribution in [0.2, 0.25) is 0 Å². The van der Waals surface area contributed by atoms with Gasteiger partial charge in [0.15, 0.2) is 5.84 Å². The third-order valence-corrected chi connectivity index (χ3v) is 14.1. The molecule has 1 aliphatic rings. The molecule has 0 fully saturated rings. The van der Waals surface area contributed by atoms with Gasteiger partial charge in [-0.2, -0.15) is 4.99 Å². The fourth-order valence-electron chi connectivity index (χ4n) is 10.7. The largest absolute Gasteiger partial charge is 0.330 e. The van der Waals surface area contributed by atoms with Crippen molar-refractivity contribution in [1.29, 1.82) is 0 Å². The van der Waals surface area contributed by atoms with Crippen molar-refractivity contribution in [2.24, 2.45) is 9.98 Å². The topological polar surface area (TPSA) is 59.5 Å². The fourth-order valence-corrected chi connectivity index (χ4v) is 10.7. The smallest absolute Gasteiger partial charge is 0.212 e. The molecule has 10 aromatic carbocycles. The van der Waals surface area contributed by atoms with Crippen molar-refractivity contribution in [3.63, 3.8) is 0 Å². The first-order valence-electron chi connectivity index (χ1n) is 24.5. The van der Waals surface area contributed by atoms with Crippen LogP contribution < -0.4 is 5.32 Å². The molecule has 338 valence electrons. The molecule has 4 heterocycles. The zero-order valence-electron chi connectivity index (χ0n) is 39.1. The van der Waals surface area contributed by atoms with Crippen molar-refractivity contribution < 1.29 is 0 Å². The lowest BCUT2D eigenvalue weighted by molar-refractivity contribution is 0.662. The van der Waals surface area contributed by atoms with E-state index in [1.807, 2.05) is 36.4 Å². The van der Waals surface area contributed by atoms with Gasteiger partial charge >= 0.3 is 0 Å². The Morgan fingerprint density at radius 1 is 0.347 bits per heavy atom. The molecule has 13 aromatic rings. The highest BCUT2D eigenvalue weighted by atomic mass is 15.3. The molecule has 1 atom stereocenters. The SMILES string of the molecule is c1ccc(C2=NC(c3cccc(-c4cccc(-c5ccccc5)n4)c3)NC(n3c4ccccc4c4ccc5c6ccccc6n(-c6cccc(-c7cccc(-c8ccc9ccccc9c8)c7)c6)c5c43)=N2)cc1. The zero-order valence-corrected chi connectivity index (χ0v) is 39.1. The molecule has 1 N–H and O–H groups in total. The number of para-hydroxylation sites is 2. The van der Waals surface area contributed by atoms with Gasteiger partial charge in [-0.3, -0.25) is 4.57 Å². The lowest BCUT2D eigenvalue weighted by Crippen LogP contribution is -2.37. The highest BCUT2D eigenvalue weighted by molar-refractivity contribution is 6.26. The van der Waals surface area contributed by atoms with E-state index < -0.39 is 6.17 Å². The van der Waals surface area contributed by atoms with Gasteiger partial charge in [-0.1, -0.05) is 200 Å². The average molecular weight is 921 g/mol. The van der Waals surface area contributed by atoms with Crippen LogP contribution in [0.15, 0.2) is 265 Å². The Morgan fingerprint density at radius 3 is 1.64 bits per heavy atom. The van der Waals surface area contributed by atoms with Crippen LogP contribution in [0.4, 0.5) is 0 Å². The van der Waals surface area contributed by atoms with E-state index in [2.05, 4.69) is 233 Å². The number of pyridine rings is 1. The predicted octanol–water partition coefficient (Wildman–Crippen LogP) is 16.1. The van der Waals surface area contributed by atoms with Crippen LogP contribution in [-0.2, 0) is 0 Å². The second-order valence-electron chi connectivity index (χ2n) is 18.5. The Morgan fingerprint density at radius 2 is 0.889 bits per heavy atom. The Balaban J connectivity index is 0.943. The van der Waals surface area contributed by atoms with E-state index >= 15 is 0 Å². The van der Waals surface area contributed by atoms with Gasteiger partial charge < -0.3 is 9.88 Å². The Labute approximate surface area is 416 Å². The highest BCUT2D eigenvalue weighted by Gasteiger charge is 2.27. The van der Waals surface area contributed by atoms with Crippen molar-refractivity contribution in [2.75, 3.05) is 0 Å². The summed E-state index contributed by atoms with van der Waals surface area (Å²) in [5.41, 5.74) is 16.0. The molecule has 0 amide bonds. The predicted molar refractivity (Wildman–Crippen MR) is 299 cm³/mol. The average Bonchev–Trinajstić information content (AvgIpc) is 3.99. The molecule has 0 aliphatic carbocycles. The summed E-state index contributed by atoms with van der Waals surface area (Å²) in [4.78, 5) is 15.9. The molecular weight excluding hydrogens is 877 g/mol. The van der Waals surface area contributed by atoms with Gasteiger partial charge in [-0.25, -0.2) is 9.98 Å². The Hall–Kier alpha value is -9.65. The van der Waals surface area contributed by atoms with Crippen molar-refractivity contribution in [3.8, 4) is 50.5 Å².